The van der Waals surface area contributed by atoms with Crippen LogP contribution in [-0.2, 0) is 0 Å². The second kappa shape index (κ2) is 7.73. The van der Waals surface area contributed by atoms with E-state index in [9.17, 15) is 0 Å². The Labute approximate surface area is 117 Å². The number of nitrogens with zero attached hydrogens (tertiary/aromatic N) is 2. The second-order valence-corrected chi connectivity index (χ2v) is 7.26. The average molecular weight is 271 g/mol. The normalized spacial score (nSPS) is 27.8. The van der Waals surface area contributed by atoms with Crippen molar-refractivity contribution in [2.24, 2.45) is 5.92 Å². The van der Waals surface area contributed by atoms with Gasteiger partial charge in [-0.25, -0.2) is 0 Å². The van der Waals surface area contributed by atoms with Crippen molar-refractivity contribution in [3.63, 3.8) is 0 Å². The minimum absolute atomic E-state index is 0.718. The molecule has 2 aliphatic heterocycles. The Balaban J connectivity index is 1.65. The second-order valence-electron chi connectivity index (χ2n) is 6.04. The van der Waals surface area contributed by atoms with Crippen LogP contribution < -0.4 is 5.32 Å². The van der Waals surface area contributed by atoms with Crippen molar-refractivity contribution in [3.8, 4) is 0 Å². The molecular formula is C14H29N3S. The molecule has 1 atom stereocenters. The van der Waals surface area contributed by atoms with Crippen molar-refractivity contribution >= 4 is 11.8 Å². The topological polar surface area (TPSA) is 18.5 Å². The van der Waals surface area contributed by atoms with Gasteiger partial charge in [0.05, 0.1) is 0 Å². The summed E-state index contributed by atoms with van der Waals surface area (Å²) in [5.74, 6) is 3.47. The van der Waals surface area contributed by atoms with Crippen LogP contribution in [0, 0.1) is 5.92 Å². The van der Waals surface area contributed by atoms with Crippen molar-refractivity contribution in [2.45, 2.75) is 26.3 Å². The van der Waals surface area contributed by atoms with Crippen LogP contribution in [0.5, 0.6) is 0 Å². The molecule has 1 N–H and O–H groups in total. The molecule has 2 aliphatic rings. The largest absolute Gasteiger partial charge is 0.311 e. The van der Waals surface area contributed by atoms with Gasteiger partial charge in [-0.2, -0.15) is 11.8 Å². The van der Waals surface area contributed by atoms with E-state index in [1.807, 2.05) is 0 Å². The predicted octanol–water partition coefficient (Wildman–Crippen LogP) is 1.36. The van der Waals surface area contributed by atoms with E-state index in [4.69, 9.17) is 0 Å². The van der Waals surface area contributed by atoms with Gasteiger partial charge >= 0.3 is 0 Å². The SMILES string of the molecule is CC(C)CC1CN(CCN2CCSCC2)CCN1. The van der Waals surface area contributed by atoms with E-state index in [-0.39, 0.29) is 0 Å². The van der Waals surface area contributed by atoms with Gasteiger partial charge in [-0.3, -0.25) is 4.90 Å². The van der Waals surface area contributed by atoms with Crippen LogP contribution in [0.15, 0.2) is 0 Å². The fourth-order valence-corrected chi connectivity index (χ4v) is 3.91. The summed E-state index contributed by atoms with van der Waals surface area (Å²) >= 11 is 2.10. The summed E-state index contributed by atoms with van der Waals surface area (Å²) in [6.45, 7) is 13.4. The van der Waals surface area contributed by atoms with E-state index >= 15 is 0 Å². The van der Waals surface area contributed by atoms with Crippen molar-refractivity contribution in [1.82, 2.24) is 15.1 Å². The fraction of sp³-hybridized carbons (Fsp3) is 1.00. The Morgan fingerprint density at radius 3 is 2.56 bits per heavy atom. The van der Waals surface area contributed by atoms with E-state index < -0.39 is 0 Å². The van der Waals surface area contributed by atoms with Crippen molar-refractivity contribution in [3.05, 3.63) is 0 Å². The Morgan fingerprint density at radius 1 is 1.11 bits per heavy atom. The van der Waals surface area contributed by atoms with Gasteiger partial charge < -0.3 is 10.2 Å². The average Bonchev–Trinajstić information content (AvgIpc) is 2.37. The summed E-state index contributed by atoms with van der Waals surface area (Å²) < 4.78 is 0. The fourth-order valence-electron chi connectivity index (χ4n) is 2.93. The number of piperazine rings is 1. The molecule has 18 heavy (non-hydrogen) atoms. The maximum atomic E-state index is 3.66. The lowest BCUT2D eigenvalue weighted by Crippen LogP contribution is -2.52. The van der Waals surface area contributed by atoms with Crippen LogP contribution in [0.4, 0.5) is 0 Å². The monoisotopic (exact) mass is 271 g/mol. The summed E-state index contributed by atoms with van der Waals surface area (Å²) in [4.78, 5) is 5.29. The first kappa shape index (κ1) is 14.6. The Kier molecular flexibility index (Phi) is 6.29. The van der Waals surface area contributed by atoms with Crippen LogP contribution in [0.3, 0.4) is 0 Å². The minimum Gasteiger partial charge on any atom is -0.311 e. The van der Waals surface area contributed by atoms with Crippen molar-refractivity contribution in [2.75, 3.05) is 57.3 Å². The molecule has 4 heteroatoms. The zero-order chi connectivity index (χ0) is 12.8. The molecular weight excluding hydrogens is 242 g/mol. The third kappa shape index (κ3) is 5.08. The van der Waals surface area contributed by atoms with E-state index in [0.717, 1.165) is 12.0 Å². The van der Waals surface area contributed by atoms with Gasteiger partial charge in [-0.1, -0.05) is 13.8 Å². The first-order chi connectivity index (χ1) is 8.74. The van der Waals surface area contributed by atoms with Gasteiger partial charge in [0.2, 0.25) is 0 Å². The molecule has 0 radical (unpaired) electrons. The third-order valence-electron chi connectivity index (χ3n) is 3.93. The summed E-state index contributed by atoms with van der Waals surface area (Å²) in [6.07, 6.45) is 1.32. The summed E-state index contributed by atoms with van der Waals surface area (Å²) in [7, 11) is 0. The molecule has 0 aromatic heterocycles. The van der Waals surface area contributed by atoms with E-state index in [1.54, 1.807) is 0 Å². The molecule has 2 rings (SSSR count). The van der Waals surface area contributed by atoms with E-state index in [1.165, 1.54) is 63.7 Å². The predicted molar refractivity (Wildman–Crippen MR) is 81.5 cm³/mol. The zero-order valence-electron chi connectivity index (χ0n) is 12.0. The van der Waals surface area contributed by atoms with Gasteiger partial charge in [-0.15, -0.1) is 0 Å². The number of rotatable bonds is 5. The Hall–Kier alpha value is 0.230. The summed E-state index contributed by atoms with van der Waals surface area (Å²) in [6, 6.07) is 0.718. The molecule has 2 saturated heterocycles. The van der Waals surface area contributed by atoms with E-state index in [2.05, 4.69) is 40.7 Å². The first-order valence-electron chi connectivity index (χ1n) is 7.50. The molecule has 0 aromatic rings. The molecule has 0 amide bonds. The van der Waals surface area contributed by atoms with Crippen LogP contribution in [0.25, 0.3) is 0 Å². The third-order valence-corrected chi connectivity index (χ3v) is 4.87. The lowest BCUT2D eigenvalue weighted by Gasteiger charge is -2.36. The van der Waals surface area contributed by atoms with Gasteiger partial charge in [0, 0.05) is 63.4 Å². The Morgan fingerprint density at radius 2 is 1.83 bits per heavy atom. The number of hydrogen-bond donors (Lipinski definition) is 1. The molecule has 2 heterocycles. The van der Waals surface area contributed by atoms with Crippen molar-refractivity contribution in [1.29, 1.82) is 0 Å². The number of hydrogen-bond acceptors (Lipinski definition) is 4. The maximum absolute atomic E-state index is 3.66. The van der Waals surface area contributed by atoms with Crippen LogP contribution in [-0.4, -0.2) is 73.2 Å². The van der Waals surface area contributed by atoms with Gasteiger partial charge in [0.25, 0.3) is 0 Å². The van der Waals surface area contributed by atoms with Gasteiger partial charge in [-0.05, 0) is 12.3 Å². The van der Waals surface area contributed by atoms with E-state index in [0.29, 0.717) is 0 Å². The molecule has 0 aromatic carbocycles. The number of nitrogens with one attached hydrogen (secondary N) is 1. The standard InChI is InChI=1S/C14H29N3S/c1-13(2)11-14-12-17(4-3-15-14)6-5-16-7-9-18-10-8-16/h13-15H,3-12H2,1-2H3. The lowest BCUT2D eigenvalue weighted by atomic mass is 10.0. The molecule has 3 nitrogen and oxygen atoms in total. The van der Waals surface area contributed by atoms with Crippen LogP contribution >= 0.6 is 11.8 Å². The van der Waals surface area contributed by atoms with Crippen molar-refractivity contribution < 1.29 is 0 Å². The highest BCUT2D eigenvalue weighted by atomic mass is 32.2. The minimum atomic E-state index is 0.718. The zero-order valence-corrected chi connectivity index (χ0v) is 12.8. The van der Waals surface area contributed by atoms with Gasteiger partial charge in [0.15, 0.2) is 0 Å². The summed E-state index contributed by atoms with van der Waals surface area (Å²) in [5.41, 5.74) is 0. The Bertz CT molecular complexity index is 229. The quantitative estimate of drug-likeness (QED) is 0.813. The molecule has 0 saturated carbocycles. The molecule has 0 bridgehead atoms. The van der Waals surface area contributed by atoms with Crippen LogP contribution in [0.2, 0.25) is 0 Å². The van der Waals surface area contributed by atoms with Gasteiger partial charge in [0.1, 0.15) is 0 Å². The highest BCUT2D eigenvalue weighted by molar-refractivity contribution is 7.99. The molecule has 106 valence electrons. The smallest absolute Gasteiger partial charge is 0.0198 e. The highest BCUT2D eigenvalue weighted by Gasteiger charge is 2.20. The maximum Gasteiger partial charge on any atom is 0.0198 e. The summed E-state index contributed by atoms with van der Waals surface area (Å²) in [5, 5.41) is 3.66. The lowest BCUT2D eigenvalue weighted by molar-refractivity contribution is 0.162. The molecule has 0 spiro atoms. The molecule has 2 fully saturated rings. The highest BCUT2D eigenvalue weighted by Crippen LogP contribution is 2.11. The first-order valence-corrected chi connectivity index (χ1v) is 8.65. The molecule has 1 unspecified atom stereocenters. The molecule has 0 aliphatic carbocycles. The van der Waals surface area contributed by atoms with Crippen LogP contribution in [0.1, 0.15) is 20.3 Å². The number of thioether (sulfide) groups is 1.